The Morgan fingerprint density at radius 3 is 2.74 bits per heavy atom. The molecule has 7 heteroatoms. The van der Waals surface area contributed by atoms with Crippen LogP contribution in [0.3, 0.4) is 0 Å². The summed E-state index contributed by atoms with van der Waals surface area (Å²) in [6, 6.07) is 4.52. The van der Waals surface area contributed by atoms with Crippen LogP contribution in [0.15, 0.2) is 18.2 Å². The van der Waals surface area contributed by atoms with Gasteiger partial charge in [-0.3, -0.25) is 4.79 Å². The molecule has 1 aliphatic heterocycles. The summed E-state index contributed by atoms with van der Waals surface area (Å²) in [7, 11) is 1.55. The number of hydrogen-bond acceptors (Lipinski definition) is 3. The van der Waals surface area contributed by atoms with Gasteiger partial charge in [0.1, 0.15) is 5.82 Å². The second-order valence-electron chi connectivity index (χ2n) is 4.71. The Morgan fingerprint density at radius 2 is 2.16 bits per heavy atom. The average molecular weight is 306 g/mol. The number of carbonyl (C=O) groups excluding carboxylic acids is 1. The lowest BCUT2D eigenvalue weighted by molar-refractivity contribution is -0.117. The van der Waals surface area contributed by atoms with Gasteiger partial charge in [-0.1, -0.05) is 6.07 Å². The number of rotatable bonds is 3. The number of carbonyl (C=O) groups is 1. The molecule has 19 heavy (non-hydrogen) atoms. The van der Waals surface area contributed by atoms with Crippen LogP contribution in [-0.4, -0.2) is 26.6 Å². The third kappa shape index (κ3) is 3.45. The Balaban J connectivity index is 2.18. The number of hydrogen-bond donors (Lipinski definition) is 0. The van der Waals surface area contributed by atoms with Gasteiger partial charge in [-0.05, 0) is 24.6 Å². The van der Waals surface area contributed by atoms with E-state index in [1.54, 1.807) is 19.1 Å². The molecule has 1 atom stereocenters. The third-order valence-electron chi connectivity index (χ3n) is 3.11. The van der Waals surface area contributed by atoms with E-state index in [4.69, 9.17) is 10.7 Å². The van der Waals surface area contributed by atoms with Crippen LogP contribution in [0.25, 0.3) is 0 Å². The monoisotopic (exact) mass is 305 g/mol. The molecule has 1 aromatic carbocycles. The van der Waals surface area contributed by atoms with Gasteiger partial charge in [0.2, 0.25) is 15.0 Å². The smallest absolute Gasteiger partial charge is 0.232 e. The molecule has 0 saturated carbocycles. The van der Waals surface area contributed by atoms with E-state index in [1.807, 2.05) is 0 Å². The van der Waals surface area contributed by atoms with Gasteiger partial charge in [-0.25, -0.2) is 12.8 Å². The summed E-state index contributed by atoms with van der Waals surface area (Å²) in [5, 5.41) is 0. The van der Waals surface area contributed by atoms with Gasteiger partial charge >= 0.3 is 0 Å². The van der Waals surface area contributed by atoms with Gasteiger partial charge in [0.25, 0.3) is 0 Å². The minimum absolute atomic E-state index is 0.113. The number of nitrogens with zero attached hydrogens (tertiary/aromatic N) is 1. The highest BCUT2D eigenvalue weighted by atomic mass is 35.7. The van der Waals surface area contributed by atoms with Crippen molar-refractivity contribution in [1.29, 1.82) is 0 Å². The van der Waals surface area contributed by atoms with E-state index >= 15 is 0 Å². The van der Waals surface area contributed by atoms with E-state index in [0.29, 0.717) is 11.3 Å². The molecule has 4 nitrogen and oxygen atoms in total. The van der Waals surface area contributed by atoms with Crippen molar-refractivity contribution in [3.05, 3.63) is 29.6 Å². The Labute approximate surface area is 115 Å². The lowest BCUT2D eigenvalue weighted by Gasteiger charge is -2.17. The van der Waals surface area contributed by atoms with Gasteiger partial charge in [-0.15, -0.1) is 0 Å². The van der Waals surface area contributed by atoms with Crippen LogP contribution in [0.2, 0.25) is 0 Å². The summed E-state index contributed by atoms with van der Waals surface area (Å²) in [4.78, 5) is 13.2. The normalized spacial score (nSPS) is 20.1. The van der Waals surface area contributed by atoms with Crippen LogP contribution in [0.4, 0.5) is 10.1 Å². The van der Waals surface area contributed by atoms with Gasteiger partial charge in [0, 0.05) is 35.3 Å². The molecule has 1 amide bonds. The number of anilines is 1. The highest BCUT2D eigenvalue weighted by Crippen LogP contribution is 2.27. The number of amides is 1. The van der Waals surface area contributed by atoms with Crippen LogP contribution in [0, 0.1) is 18.7 Å². The number of aryl methyl sites for hydroxylation is 1. The van der Waals surface area contributed by atoms with E-state index < -0.39 is 14.9 Å². The lowest BCUT2D eigenvalue weighted by Crippen LogP contribution is -2.25. The Morgan fingerprint density at radius 1 is 1.47 bits per heavy atom. The molecule has 104 valence electrons. The molecule has 1 fully saturated rings. The van der Waals surface area contributed by atoms with Gasteiger partial charge < -0.3 is 4.90 Å². The zero-order valence-electron chi connectivity index (χ0n) is 10.3. The molecule has 1 heterocycles. The molecular formula is C12H13ClFNO3S. The molecule has 0 aromatic heterocycles. The van der Waals surface area contributed by atoms with Crippen molar-refractivity contribution in [2.24, 2.45) is 5.92 Å². The first-order valence-electron chi connectivity index (χ1n) is 5.75. The molecule has 1 aromatic rings. The maximum atomic E-state index is 13.5. The molecule has 0 aliphatic carbocycles. The average Bonchev–Trinajstić information content (AvgIpc) is 2.61. The largest absolute Gasteiger partial charge is 0.312 e. The molecule has 0 radical (unpaired) electrons. The SMILES string of the molecule is Cc1ccc(N2CC(CS(=O)(=O)Cl)CC2=O)cc1F. The van der Waals surface area contributed by atoms with Crippen molar-refractivity contribution >= 4 is 31.3 Å². The van der Waals surface area contributed by atoms with Crippen molar-refractivity contribution in [2.45, 2.75) is 13.3 Å². The van der Waals surface area contributed by atoms with Crippen molar-refractivity contribution in [2.75, 3.05) is 17.2 Å². The zero-order valence-corrected chi connectivity index (χ0v) is 11.8. The summed E-state index contributed by atoms with van der Waals surface area (Å²) in [5.41, 5.74) is 0.942. The fourth-order valence-electron chi connectivity index (χ4n) is 2.17. The molecule has 1 saturated heterocycles. The zero-order chi connectivity index (χ0) is 14.2. The summed E-state index contributed by atoms with van der Waals surface area (Å²) in [5.74, 6) is -1.20. The van der Waals surface area contributed by atoms with E-state index in [-0.39, 0.29) is 30.5 Å². The third-order valence-corrected chi connectivity index (χ3v) is 4.35. The van der Waals surface area contributed by atoms with Crippen molar-refractivity contribution in [3.8, 4) is 0 Å². The summed E-state index contributed by atoms with van der Waals surface area (Å²) in [6.45, 7) is 1.88. The predicted molar refractivity (Wildman–Crippen MR) is 71.2 cm³/mol. The summed E-state index contributed by atoms with van der Waals surface area (Å²) < 4.78 is 35.5. The van der Waals surface area contributed by atoms with Crippen molar-refractivity contribution in [1.82, 2.24) is 0 Å². The fourth-order valence-corrected chi connectivity index (χ4v) is 3.49. The van der Waals surface area contributed by atoms with E-state index in [2.05, 4.69) is 0 Å². The number of halogens is 2. The molecule has 0 spiro atoms. The topological polar surface area (TPSA) is 54.5 Å². The highest BCUT2D eigenvalue weighted by molar-refractivity contribution is 8.13. The van der Waals surface area contributed by atoms with Crippen LogP contribution in [0.5, 0.6) is 0 Å². The van der Waals surface area contributed by atoms with E-state index in [1.165, 1.54) is 11.0 Å². The Bertz CT molecular complexity index is 617. The van der Waals surface area contributed by atoms with Crippen LogP contribution in [0.1, 0.15) is 12.0 Å². The van der Waals surface area contributed by atoms with Crippen molar-refractivity contribution in [3.63, 3.8) is 0 Å². The maximum Gasteiger partial charge on any atom is 0.232 e. The lowest BCUT2D eigenvalue weighted by atomic mass is 10.1. The quantitative estimate of drug-likeness (QED) is 0.803. The fraction of sp³-hybridized carbons (Fsp3) is 0.417. The molecule has 2 rings (SSSR count). The van der Waals surface area contributed by atoms with Gasteiger partial charge in [0.05, 0.1) is 5.75 Å². The first-order chi connectivity index (χ1) is 8.76. The second kappa shape index (κ2) is 5.09. The molecule has 1 aliphatic rings. The second-order valence-corrected chi connectivity index (χ2v) is 7.54. The van der Waals surface area contributed by atoms with Gasteiger partial charge in [-0.2, -0.15) is 0 Å². The molecular weight excluding hydrogens is 293 g/mol. The maximum absolute atomic E-state index is 13.5. The molecule has 1 unspecified atom stereocenters. The summed E-state index contributed by atoms with van der Waals surface area (Å²) >= 11 is 0. The predicted octanol–water partition coefficient (Wildman–Crippen LogP) is 2.06. The number of benzene rings is 1. The van der Waals surface area contributed by atoms with Crippen LogP contribution < -0.4 is 4.90 Å². The minimum Gasteiger partial charge on any atom is -0.312 e. The highest BCUT2D eigenvalue weighted by Gasteiger charge is 2.33. The first kappa shape index (κ1) is 14.3. The minimum atomic E-state index is -3.63. The van der Waals surface area contributed by atoms with Crippen LogP contribution >= 0.6 is 10.7 Å². The van der Waals surface area contributed by atoms with Gasteiger partial charge in [0.15, 0.2) is 0 Å². The summed E-state index contributed by atoms with van der Waals surface area (Å²) in [6.07, 6.45) is 0.113. The van der Waals surface area contributed by atoms with Crippen molar-refractivity contribution < 1.29 is 17.6 Å². The van der Waals surface area contributed by atoms with E-state index in [9.17, 15) is 17.6 Å². The molecule has 0 N–H and O–H groups in total. The first-order valence-corrected chi connectivity index (χ1v) is 8.23. The Kier molecular flexibility index (Phi) is 3.82. The van der Waals surface area contributed by atoms with Crippen LogP contribution in [-0.2, 0) is 13.8 Å². The standard InChI is InChI=1S/C12H13ClFNO3S/c1-8-2-3-10(5-11(8)14)15-6-9(4-12(15)16)7-19(13,17)18/h2-3,5,9H,4,6-7H2,1H3. The molecule has 0 bridgehead atoms. The Hall–Kier alpha value is -1.14. The van der Waals surface area contributed by atoms with E-state index in [0.717, 1.165) is 0 Å².